The van der Waals surface area contributed by atoms with Crippen molar-refractivity contribution in [3.05, 3.63) is 51.2 Å². The molecule has 1 unspecified atom stereocenters. The Bertz CT molecular complexity index is 688. The lowest BCUT2D eigenvalue weighted by atomic mass is 9.94. The molecular formula is C15H12F2N2S. The minimum absolute atomic E-state index is 0.00633. The number of anilines is 1. The summed E-state index contributed by atoms with van der Waals surface area (Å²) in [6, 6.07) is 6.41. The fraction of sp³-hybridized carbons (Fsp3) is 0.267. The minimum atomic E-state index is -1.08. The van der Waals surface area contributed by atoms with Gasteiger partial charge in [-0.2, -0.15) is 5.26 Å². The van der Waals surface area contributed by atoms with Gasteiger partial charge >= 0.3 is 0 Å². The molecule has 1 N–H and O–H groups in total. The van der Waals surface area contributed by atoms with Crippen molar-refractivity contribution < 1.29 is 8.78 Å². The molecule has 0 bridgehead atoms. The predicted octanol–water partition coefficient (Wildman–Crippen LogP) is 4.39. The van der Waals surface area contributed by atoms with E-state index in [0.29, 0.717) is 0 Å². The summed E-state index contributed by atoms with van der Waals surface area (Å²) in [5.41, 5.74) is 1.02. The first kappa shape index (κ1) is 13.1. The quantitative estimate of drug-likeness (QED) is 0.890. The van der Waals surface area contributed by atoms with E-state index in [1.54, 1.807) is 17.4 Å². The zero-order chi connectivity index (χ0) is 14.1. The molecule has 1 atom stereocenters. The zero-order valence-corrected chi connectivity index (χ0v) is 11.4. The van der Waals surface area contributed by atoms with Crippen LogP contribution in [0.5, 0.6) is 0 Å². The fourth-order valence-corrected chi connectivity index (χ4v) is 3.56. The van der Waals surface area contributed by atoms with Gasteiger partial charge in [0.15, 0.2) is 11.6 Å². The van der Waals surface area contributed by atoms with E-state index in [1.807, 2.05) is 11.4 Å². The molecule has 1 aromatic heterocycles. The van der Waals surface area contributed by atoms with Gasteiger partial charge in [-0.05, 0) is 48.4 Å². The van der Waals surface area contributed by atoms with E-state index in [4.69, 9.17) is 5.26 Å². The van der Waals surface area contributed by atoms with Crippen molar-refractivity contribution in [1.29, 1.82) is 5.26 Å². The summed E-state index contributed by atoms with van der Waals surface area (Å²) in [5.74, 6) is -2.06. The van der Waals surface area contributed by atoms with Gasteiger partial charge in [0.2, 0.25) is 0 Å². The first-order chi connectivity index (χ1) is 9.70. The monoisotopic (exact) mass is 290 g/mol. The average molecular weight is 290 g/mol. The van der Waals surface area contributed by atoms with Gasteiger partial charge in [0, 0.05) is 4.88 Å². The van der Waals surface area contributed by atoms with E-state index in [1.165, 1.54) is 22.6 Å². The highest BCUT2D eigenvalue weighted by Crippen LogP contribution is 2.36. The summed E-state index contributed by atoms with van der Waals surface area (Å²) in [6.45, 7) is 0. The molecule has 1 aliphatic rings. The van der Waals surface area contributed by atoms with Gasteiger partial charge in [0.05, 0.1) is 17.3 Å². The summed E-state index contributed by atoms with van der Waals surface area (Å²) >= 11 is 1.70. The van der Waals surface area contributed by atoms with Crippen LogP contribution in [0.3, 0.4) is 0 Å². The molecule has 1 aromatic carbocycles. The molecule has 0 amide bonds. The van der Waals surface area contributed by atoms with E-state index >= 15 is 0 Å². The zero-order valence-electron chi connectivity index (χ0n) is 10.6. The SMILES string of the molecule is N#Cc1ccc(NC2CCCc3sccc32)c(F)c1F. The summed E-state index contributed by atoms with van der Waals surface area (Å²) in [4.78, 5) is 1.31. The van der Waals surface area contributed by atoms with Crippen molar-refractivity contribution in [2.45, 2.75) is 25.3 Å². The highest BCUT2D eigenvalue weighted by Gasteiger charge is 2.23. The van der Waals surface area contributed by atoms with Crippen LogP contribution in [0.15, 0.2) is 23.6 Å². The lowest BCUT2D eigenvalue weighted by Gasteiger charge is -2.25. The molecule has 0 spiro atoms. The third kappa shape index (κ3) is 2.16. The standard InChI is InChI=1S/C15H12F2N2S/c16-14-9(8-18)4-5-12(15(14)17)19-11-2-1-3-13-10(11)6-7-20-13/h4-7,11,19H,1-3H2. The number of benzene rings is 1. The highest BCUT2D eigenvalue weighted by molar-refractivity contribution is 7.10. The highest BCUT2D eigenvalue weighted by atomic mass is 32.1. The molecule has 2 aromatic rings. The van der Waals surface area contributed by atoms with E-state index in [-0.39, 0.29) is 17.3 Å². The maximum atomic E-state index is 13.9. The topological polar surface area (TPSA) is 35.8 Å². The summed E-state index contributed by atoms with van der Waals surface area (Å²) in [7, 11) is 0. The Morgan fingerprint density at radius 2 is 2.10 bits per heavy atom. The van der Waals surface area contributed by atoms with Crippen LogP contribution in [0.2, 0.25) is 0 Å². The Kier molecular flexibility index (Phi) is 3.41. The van der Waals surface area contributed by atoms with Gasteiger partial charge in [-0.25, -0.2) is 8.78 Å². The van der Waals surface area contributed by atoms with E-state index in [2.05, 4.69) is 5.32 Å². The van der Waals surface area contributed by atoms with Crippen molar-refractivity contribution in [1.82, 2.24) is 0 Å². The van der Waals surface area contributed by atoms with E-state index in [9.17, 15) is 8.78 Å². The van der Waals surface area contributed by atoms with Crippen LogP contribution in [0.25, 0.3) is 0 Å². The Morgan fingerprint density at radius 3 is 2.90 bits per heavy atom. The Morgan fingerprint density at radius 1 is 1.25 bits per heavy atom. The molecule has 0 saturated heterocycles. The van der Waals surface area contributed by atoms with Gasteiger partial charge in [-0.15, -0.1) is 11.3 Å². The number of nitrogens with one attached hydrogen (secondary N) is 1. The second kappa shape index (κ2) is 5.22. The van der Waals surface area contributed by atoms with Crippen molar-refractivity contribution in [3.63, 3.8) is 0 Å². The number of rotatable bonds is 2. The number of hydrogen-bond donors (Lipinski definition) is 1. The minimum Gasteiger partial charge on any atom is -0.376 e. The predicted molar refractivity (Wildman–Crippen MR) is 74.7 cm³/mol. The molecular weight excluding hydrogens is 278 g/mol. The number of fused-ring (bicyclic) bond motifs is 1. The van der Waals surface area contributed by atoms with Gasteiger partial charge in [0.25, 0.3) is 0 Å². The fourth-order valence-electron chi connectivity index (χ4n) is 2.57. The number of aryl methyl sites for hydroxylation is 1. The Hall–Kier alpha value is -1.93. The molecule has 0 radical (unpaired) electrons. The van der Waals surface area contributed by atoms with Crippen molar-refractivity contribution in [2.75, 3.05) is 5.32 Å². The lowest BCUT2D eigenvalue weighted by molar-refractivity contribution is 0.505. The van der Waals surface area contributed by atoms with Crippen LogP contribution in [-0.4, -0.2) is 0 Å². The second-order valence-corrected chi connectivity index (χ2v) is 5.79. The van der Waals surface area contributed by atoms with Crippen LogP contribution in [0, 0.1) is 23.0 Å². The first-order valence-electron chi connectivity index (χ1n) is 6.41. The summed E-state index contributed by atoms with van der Waals surface area (Å²) in [5, 5.41) is 13.8. The molecule has 0 aliphatic heterocycles. The smallest absolute Gasteiger partial charge is 0.183 e. The van der Waals surface area contributed by atoms with Gasteiger partial charge in [0.1, 0.15) is 6.07 Å². The molecule has 20 heavy (non-hydrogen) atoms. The van der Waals surface area contributed by atoms with Crippen LogP contribution < -0.4 is 5.32 Å². The van der Waals surface area contributed by atoms with Crippen molar-refractivity contribution in [3.8, 4) is 6.07 Å². The maximum Gasteiger partial charge on any atom is 0.183 e. The molecule has 1 heterocycles. The Labute approximate surface area is 119 Å². The van der Waals surface area contributed by atoms with Crippen molar-refractivity contribution in [2.24, 2.45) is 0 Å². The van der Waals surface area contributed by atoms with Crippen LogP contribution in [0.4, 0.5) is 14.5 Å². The number of nitrogens with zero attached hydrogens (tertiary/aromatic N) is 1. The van der Waals surface area contributed by atoms with Crippen LogP contribution >= 0.6 is 11.3 Å². The largest absolute Gasteiger partial charge is 0.376 e. The average Bonchev–Trinajstić information content (AvgIpc) is 2.93. The van der Waals surface area contributed by atoms with Crippen molar-refractivity contribution >= 4 is 17.0 Å². The van der Waals surface area contributed by atoms with Gasteiger partial charge < -0.3 is 5.32 Å². The summed E-state index contributed by atoms with van der Waals surface area (Å²) in [6.07, 6.45) is 2.98. The molecule has 0 saturated carbocycles. The third-order valence-electron chi connectivity index (χ3n) is 3.58. The number of hydrogen-bond acceptors (Lipinski definition) is 3. The summed E-state index contributed by atoms with van der Waals surface area (Å²) < 4.78 is 27.5. The van der Waals surface area contributed by atoms with Crippen LogP contribution in [0.1, 0.15) is 34.9 Å². The molecule has 0 fully saturated rings. The van der Waals surface area contributed by atoms with Gasteiger partial charge in [-0.3, -0.25) is 0 Å². The molecule has 5 heteroatoms. The molecule has 1 aliphatic carbocycles. The molecule has 102 valence electrons. The number of halogens is 2. The molecule has 2 nitrogen and oxygen atoms in total. The van der Waals surface area contributed by atoms with Gasteiger partial charge in [-0.1, -0.05) is 0 Å². The normalized spacial score (nSPS) is 17.4. The third-order valence-corrected chi connectivity index (χ3v) is 4.58. The Balaban J connectivity index is 1.91. The number of thiophene rings is 1. The first-order valence-corrected chi connectivity index (χ1v) is 7.29. The number of nitriles is 1. The molecule has 3 rings (SSSR count). The second-order valence-electron chi connectivity index (χ2n) is 4.79. The maximum absolute atomic E-state index is 13.9. The lowest BCUT2D eigenvalue weighted by Crippen LogP contribution is -2.16. The van der Waals surface area contributed by atoms with E-state index < -0.39 is 11.6 Å². The van der Waals surface area contributed by atoms with E-state index in [0.717, 1.165) is 19.3 Å². The van der Waals surface area contributed by atoms with Crippen LogP contribution in [-0.2, 0) is 6.42 Å².